The molecule has 3 heteroatoms. The van der Waals surface area contributed by atoms with E-state index >= 15 is 0 Å². The molecular formula is C16H27ClN2. The Kier molecular flexibility index (Phi) is 5.84. The van der Waals surface area contributed by atoms with E-state index < -0.39 is 0 Å². The monoisotopic (exact) mass is 282 g/mol. The topological polar surface area (TPSA) is 29.3 Å². The lowest BCUT2D eigenvalue weighted by atomic mass is 9.79. The molecule has 1 aliphatic heterocycles. The Balaban J connectivity index is 0.00000180. The third kappa shape index (κ3) is 4.20. The van der Waals surface area contributed by atoms with Gasteiger partial charge >= 0.3 is 0 Å². The molecule has 1 aliphatic rings. The SMILES string of the molecule is CC(CN1CCC(N)C(C)(C)C1)c1ccccc1.Cl. The highest BCUT2D eigenvalue weighted by molar-refractivity contribution is 5.85. The number of halogens is 1. The van der Waals surface area contributed by atoms with Gasteiger partial charge in [-0.25, -0.2) is 0 Å². The average Bonchev–Trinajstić information content (AvgIpc) is 2.34. The number of benzene rings is 1. The van der Waals surface area contributed by atoms with Crippen LogP contribution in [0.5, 0.6) is 0 Å². The van der Waals surface area contributed by atoms with Gasteiger partial charge in [0.1, 0.15) is 0 Å². The van der Waals surface area contributed by atoms with E-state index in [0.29, 0.717) is 12.0 Å². The zero-order chi connectivity index (χ0) is 13.2. The van der Waals surface area contributed by atoms with Gasteiger partial charge < -0.3 is 10.6 Å². The van der Waals surface area contributed by atoms with E-state index in [0.717, 1.165) is 26.1 Å². The highest BCUT2D eigenvalue weighted by atomic mass is 35.5. The Labute approximate surface area is 123 Å². The molecule has 0 amide bonds. The molecule has 2 nitrogen and oxygen atoms in total. The van der Waals surface area contributed by atoms with Crippen LogP contribution >= 0.6 is 12.4 Å². The highest BCUT2D eigenvalue weighted by Gasteiger charge is 2.33. The predicted octanol–water partition coefficient (Wildman–Crippen LogP) is 3.27. The lowest BCUT2D eigenvalue weighted by molar-refractivity contribution is 0.0915. The molecule has 0 bridgehead atoms. The lowest BCUT2D eigenvalue weighted by Gasteiger charge is -2.43. The Morgan fingerprint density at radius 2 is 1.95 bits per heavy atom. The molecule has 0 aliphatic carbocycles. The second-order valence-electron chi connectivity index (χ2n) is 6.43. The largest absolute Gasteiger partial charge is 0.327 e. The van der Waals surface area contributed by atoms with Crippen molar-refractivity contribution in [2.24, 2.45) is 11.1 Å². The first-order valence-corrected chi connectivity index (χ1v) is 7.02. The van der Waals surface area contributed by atoms with Crippen molar-refractivity contribution in [3.63, 3.8) is 0 Å². The Bertz CT molecular complexity index is 378. The Morgan fingerprint density at radius 3 is 2.53 bits per heavy atom. The van der Waals surface area contributed by atoms with Gasteiger partial charge in [0.05, 0.1) is 0 Å². The molecule has 0 saturated carbocycles. The number of hydrogen-bond donors (Lipinski definition) is 1. The average molecular weight is 283 g/mol. The summed E-state index contributed by atoms with van der Waals surface area (Å²) in [7, 11) is 0. The third-order valence-corrected chi connectivity index (χ3v) is 4.29. The van der Waals surface area contributed by atoms with Crippen molar-refractivity contribution in [3.05, 3.63) is 35.9 Å². The molecule has 108 valence electrons. The molecule has 1 aromatic rings. The fourth-order valence-corrected chi connectivity index (χ4v) is 2.92. The quantitative estimate of drug-likeness (QED) is 0.922. The summed E-state index contributed by atoms with van der Waals surface area (Å²) in [6.07, 6.45) is 1.12. The number of rotatable bonds is 3. The van der Waals surface area contributed by atoms with Crippen molar-refractivity contribution in [1.29, 1.82) is 0 Å². The number of piperidine rings is 1. The summed E-state index contributed by atoms with van der Waals surface area (Å²) in [6, 6.07) is 11.1. The zero-order valence-electron chi connectivity index (χ0n) is 12.3. The minimum atomic E-state index is 0. The maximum atomic E-state index is 6.19. The van der Waals surface area contributed by atoms with Crippen LogP contribution in [0.3, 0.4) is 0 Å². The minimum absolute atomic E-state index is 0. The van der Waals surface area contributed by atoms with Crippen molar-refractivity contribution in [2.45, 2.75) is 39.2 Å². The normalized spacial score (nSPS) is 24.5. The summed E-state index contributed by atoms with van der Waals surface area (Å²) in [6.45, 7) is 10.3. The summed E-state index contributed by atoms with van der Waals surface area (Å²) in [5.41, 5.74) is 7.87. The van der Waals surface area contributed by atoms with Gasteiger partial charge in [-0.15, -0.1) is 12.4 Å². The van der Waals surface area contributed by atoms with E-state index in [-0.39, 0.29) is 17.8 Å². The minimum Gasteiger partial charge on any atom is -0.327 e. The van der Waals surface area contributed by atoms with Crippen LogP contribution < -0.4 is 5.73 Å². The molecular weight excluding hydrogens is 256 g/mol. The number of hydrogen-bond acceptors (Lipinski definition) is 2. The van der Waals surface area contributed by atoms with E-state index in [1.165, 1.54) is 5.56 Å². The predicted molar refractivity (Wildman–Crippen MR) is 84.9 cm³/mol. The summed E-state index contributed by atoms with van der Waals surface area (Å²) < 4.78 is 0. The standard InChI is InChI=1S/C16H26N2.ClH/c1-13(14-7-5-4-6-8-14)11-18-10-9-15(17)16(2,3)12-18;/h4-8,13,15H,9-12,17H2,1-3H3;1H. The molecule has 0 radical (unpaired) electrons. The zero-order valence-corrected chi connectivity index (χ0v) is 13.1. The van der Waals surface area contributed by atoms with Crippen molar-refractivity contribution in [2.75, 3.05) is 19.6 Å². The lowest BCUT2D eigenvalue weighted by Crippen LogP contribution is -2.52. The molecule has 1 aromatic carbocycles. The second kappa shape index (κ2) is 6.74. The van der Waals surface area contributed by atoms with Crippen molar-refractivity contribution < 1.29 is 0 Å². The number of nitrogens with two attached hydrogens (primary N) is 1. The molecule has 2 rings (SSSR count). The van der Waals surface area contributed by atoms with Crippen LogP contribution in [0.4, 0.5) is 0 Å². The third-order valence-electron chi connectivity index (χ3n) is 4.29. The molecule has 2 unspecified atom stereocenters. The number of nitrogens with zero attached hydrogens (tertiary/aromatic N) is 1. The summed E-state index contributed by atoms with van der Waals surface area (Å²) in [4.78, 5) is 2.57. The Hall–Kier alpha value is -0.570. The van der Waals surface area contributed by atoms with Crippen LogP contribution in [-0.2, 0) is 0 Å². The van der Waals surface area contributed by atoms with Gasteiger partial charge in [-0.3, -0.25) is 0 Å². The maximum absolute atomic E-state index is 6.19. The smallest absolute Gasteiger partial charge is 0.0115 e. The molecule has 0 spiro atoms. The highest BCUT2D eigenvalue weighted by Crippen LogP contribution is 2.29. The summed E-state index contributed by atoms with van der Waals surface area (Å²) in [5.74, 6) is 0.594. The van der Waals surface area contributed by atoms with Gasteiger partial charge in [-0.05, 0) is 29.9 Å². The van der Waals surface area contributed by atoms with Crippen LogP contribution in [0, 0.1) is 5.41 Å². The molecule has 1 saturated heterocycles. The molecule has 19 heavy (non-hydrogen) atoms. The van der Waals surface area contributed by atoms with Crippen LogP contribution in [0.1, 0.15) is 38.7 Å². The van der Waals surface area contributed by atoms with Gasteiger partial charge in [-0.2, -0.15) is 0 Å². The van der Waals surface area contributed by atoms with E-state index in [9.17, 15) is 0 Å². The van der Waals surface area contributed by atoms with E-state index in [4.69, 9.17) is 5.73 Å². The molecule has 2 N–H and O–H groups in total. The number of likely N-dealkylation sites (tertiary alicyclic amines) is 1. The van der Waals surface area contributed by atoms with Crippen molar-refractivity contribution in [3.8, 4) is 0 Å². The van der Waals surface area contributed by atoms with Crippen LogP contribution in [0.15, 0.2) is 30.3 Å². The Morgan fingerprint density at radius 1 is 1.32 bits per heavy atom. The van der Waals surface area contributed by atoms with Gasteiger partial charge in [-0.1, -0.05) is 51.1 Å². The van der Waals surface area contributed by atoms with Crippen LogP contribution in [0.25, 0.3) is 0 Å². The van der Waals surface area contributed by atoms with Crippen molar-refractivity contribution in [1.82, 2.24) is 4.90 Å². The van der Waals surface area contributed by atoms with Gasteiger partial charge in [0, 0.05) is 19.1 Å². The first-order valence-electron chi connectivity index (χ1n) is 7.02. The van der Waals surface area contributed by atoms with E-state index in [1.54, 1.807) is 0 Å². The molecule has 1 heterocycles. The first-order chi connectivity index (χ1) is 8.49. The summed E-state index contributed by atoms with van der Waals surface area (Å²) >= 11 is 0. The van der Waals surface area contributed by atoms with Crippen LogP contribution in [0.2, 0.25) is 0 Å². The van der Waals surface area contributed by atoms with Crippen LogP contribution in [-0.4, -0.2) is 30.6 Å². The second-order valence-corrected chi connectivity index (χ2v) is 6.43. The van der Waals surface area contributed by atoms with Gasteiger partial charge in [0.2, 0.25) is 0 Å². The van der Waals surface area contributed by atoms with E-state index in [1.807, 2.05) is 0 Å². The maximum Gasteiger partial charge on any atom is 0.0115 e. The molecule has 0 aromatic heterocycles. The van der Waals surface area contributed by atoms with Crippen molar-refractivity contribution >= 4 is 12.4 Å². The van der Waals surface area contributed by atoms with Gasteiger partial charge in [0.25, 0.3) is 0 Å². The van der Waals surface area contributed by atoms with E-state index in [2.05, 4.69) is 56.0 Å². The fraction of sp³-hybridized carbons (Fsp3) is 0.625. The summed E-state index contributed by atoms with van der Waals surface area (Å²) in [5, 5.41) is 0. The molecule has 1 fully saturated rings. The first kappa shape index (κ1) is 16.5. The fourth-order valence-electron chi connectivity index (χ4n) is 2.92. The van der Waals surface area contributed by atoms with Gasteiger partial charge in [0.15, 0.2) is 0 Å². The molecule has 2 atom stereocenters.